The Morgan fingerprint density at radius 2 is 2.39 bits per heavy atom. The second kappa shape index (κ2) is 5.72. The van der Waals surface area contributed by atoms with E-state index in [0.29, 0.717) is 11.7 Å². The summed E-state index contributed by atoms with van der Waals surface area (Å²) in [4.78, 5) is 10.5. The predicted octanol–water partition coefficient (Wildman–Crippen LogP) is 1.60. The largest absolute Gasteiger partial charge is 0.481 e. The van der Waals surface area contributed by atoms with Gasteiger partial charge in [-0.1, -0.05) is 11.8 Å². The van der Waals surface area contributed by atoms with Crippen LogP contribution in [0.2, 0.25) is 0 Å². The van der Waals surface area contributed by atoms with E-state index in [4.69, 9.17) is 9.52 Å². The first-order valence-electron chi connectivity index (χ1n) is 5.43. The lowest BCUT2D eigenvalue weighted by molar-refractivity contribution is -0.133. The molecule has 0 atom stereocenters. The Hall–Kier alpha value is -1.76. The summed E-state index contributed by atoms with van der Waals surface area (Å²) in [7, 11) is 0. The van der Waals surface area contributed by atoms with Crippen molar-refractivity contribution >= 4 is 17.7 Å². The van der Waals surface area contributed by atoms with Gasteiger partial charge >= 0.3 is 5.97 Å². The number of rotatable bonds is 6. The van der Waals surface area contributed by atoms with Gasteiger partial charge in [-0.25, -0.2) is 0 Å². The van der Waals surface area contributed by atoms with Gasteiger partial charge in [-0.15, -0.1) is 10.2 Å². The number of aryl methyl sites for hydroxylation is 2. The smallest absolute Gasteiger partial charge is 0.313 e. The Morgan fingerprint density at radius 3 is 3.06 bits per heavy atom. The van der Waals surface area contributed by atoms with E-state index in [9.17, 15) is 4.79 Å². The molecule has 0 aromatic carbocycles. The van der Waals surface area contributed by atoms with E-state index in [1.54, 1.807) is 6.26 Å². The van der Waals surface area contributed by atoms with Crippen molar-refractivity contribution in [2.75, 3.05) is 5.75 Å². The van der Waals surface area contributed by atoms with Crippen LogP contribution in [0.1, 0.15) is 11.6 Å². The Kier molecular flexibility index (Phi) is 4.03. The van der Waals surface area contributed by atoms with Crippen LogP contribution in [0.3, 0.4) is 0 Å². The highest BCUT2D eigenvalue weighted by molar-refractivity contribution is 7.99. The Bertz CT molecular complexity index is 522. The fourth-order valence-electron chi connectivity index (χ4n) is 1.53. The third-order valence-corrected chi connectivity index (χ3v) is 3.34. The highest BCUT2D eigenvalue weighted by Gasteiger charge is 2.11. The van der Waals surface area contributed by atoms with Crippen LogP contribution < -0.4 is 0 Å². The molecule has 0 spiro atoms. The fraction of sp³-hybridized carbons (Fsp3) is 0.364. The van der Waals surface area contributed by atoms with Crippen LogP contribution in [0.5, 0.6) is 0 Å². The quantitative estimate of drug-likeness (QED) is 0.801. The molecule has 0 aliphatic heterocycles. The Labute approximate surface area is 108 Å². The molecule has 2 heterocycles. The summed E-state index contributed by atoms with van der Waals surface area (Å²) in [5.41, 5.74) is 0. The number of nitrogens with zero attached hydrogens (tertiary/aromatic N) is 3. The number of carboxylic acid groups (broad SMARTS) is 1. The van der Waals surface area contributed by atoms with E-state index < -0.39 is 5.97 Å². The third-order valence-electron chi connectivity index (χ3n) is 2.39. The Morgan fingerprint density at radius 1 is 1.56 bits per heavy atom. The van der Waals surface area contributed by atoms with Gasteiger partial charge in [0, 0.05) is 13.0 Å². The lowest BCUT2D eigenvalue weighted by Crippen LogP contribution is -2.06. The van der Waals surface area contributed by atoms with E-state index in [-0.39, 0.29) is 5.75 Å². The van der Waals surface area contributed by atoms with Crippen molar-refractivity contribution < 1.29 is 14.3 Å². The molecule has 0 bridgehead atoms. The molecule has 0 radical (unpaired) electrons. The molecule has 0 saturated heterocycles. The minimum atomic E-state index is -0.863. The maximum Gasteiger partial charge on any atom is 0.313 e. The van der Waals surface area contributed by atoms with E-state index in [2.05, 4.69) is 10.2 Å². The van der Waals surface area contributed by atoms with Crippen LogP contribution in [0, 0.1) is 6.92 Å². The summed E-state index contributed by atoms with van der Waals surface area (Å²) in [6, 6.07) is 3.75. The molecule has 7 heteroatoms. The number of aromatic nitrogens is 3. The average Bonchev–Trinajstić information content (AvgIpc) is 2.94. The zero-order valence-electron chi connectivity index (χ0n) is 9.87. The SMILES string of the molecule is Cc1nnc(SCC(=O)O)n1CCc1ccco1. The van der Waals surface area contributed by atoms with Crippen LogP contribution in [0.25, 0.3) is 0 Å². The van der Waals surface area contributed by atoms with Gasteiger partial charge in [0.15, 0.2) is 5.16 Å². The molecule has 0 amide bonds. The number of aliphatic carboxylic acids is 1. The van der Waals surface area contributed by atoms with Crippen LogP contribution >= 0.6 is 11.8 Å². The van der Waals surface area contributed by atoms with Crippen LogP contribution in [-0.4, -0.2) is 31.6 Å². The minimum Gasteiger partial charge on any atom is -0.481 e. The fourth-order valence-corrected chi connectivity index (χ4v) is 2.26. The van der Waals surface area contributed by atoms with E-state index >= 15 is 0 Å². The lowest BCUT2D eigenvalue weighted by Gasteiger charge is -2.06. The van der Waals surface area contributed by atoms with Gasteiger partial charge in [-0.2, -0.15) is 0 Å². The lowest BCUT2D eigenvalue weighted by atomic mass is 10.3. The normalized spacial score (nSPS) is 10.7. The molecule has 6 nitrogen and oxygen atoms in total. The summed E-state index contributed by atoms with van der Waals surface area (Å²) < 4.78 is 7.15. The molecule has 0 aliphatic carbocycles. The van der Waals surface area contributed by atoms with E-state index in [0.717, 1.165) is 18.0 Å². The van der Waals surface area contributed by atoms with Gasteiger partial charge < -0.3 is 14.1 Å². The topological polar surface area (TPSA) is 81.1 Å². The molecule has 1 N–H and O–H groups in total. The average molecular weight is 267 g/mol. The summed E-state index contributed by atoms with van der Waals surface area (Å²) in [5, 5.41) is 17.2. The van der Waals surface area contributed by atoms with Crippen molar-refractivity contribution in [3.05, 3.63) is 30.0 Å². The number of furan rings is 1. The maximum absolute atomic E-state index is 10.5. The molecule has 0 saturated carbocycles. The zero-order chi connectivity index (χ0) is 13.0. The molecule has 0 aliphatic rings. The minimum absolute atomic E-state index is 0.0150. The molecular weight excluding hydrogens is 254 g/mol. The monoisotopic (exact) mass is 267 g/mol. The number of thioether (sulfide) groups is 1. The summed E-state index contributed by atoms with van der Waals surface area (Å²) in [5.74, 6) is 0.781. The highest BCUT2D eigenvalue weighted by Crippen LogP contribution is 2.17. The van der Waals surface area contributed by atoms with Crippen LogP contribution in [-0.2, 0) is 17.8 Å². The highest BCUT2D eigenvalue weighted by atomic mass is 32.2. The van der Waals surface area contributed by atoms with Crippen molar-refractivity contribution in [2.24, 2.45) is 0 Å². The van der Waals surface area contributed by atoms with Crippen molar-refractivity contribution in [2.45, 2.75) is 25.0 Å². The van der Waals surface area contributed by atoms with E-state index in [1.165, 1.54) is 11.8 Å². The van der Waals surface area contributed by atoms with Gasteiger partial charge in [-0.05, 0) is 19.1 Å². The van der Waals surface area contributed by atoms with Gasteiger partial charge in [-0.3, -0.25) is 4.79 Å². The second-order valence-corrected chi connectivity index (χ2v) is 4.64. The zero-order valence-corrected chi connectivity index (χ0v) is 10.7. The first-order valence-corrected chi connectivity index (χ1v) is 6.42. The molecule has 2 rings (SSSR count). The molecular formula is C11H13N3O3S. The molecule has 2 aromatic heterocycles. The standard InChI is InChI=1S/C11H13N3O3S/c1-8-12-13-11(18-7-10(15)16)14(8)5-4-9-3-2-6-17-9/h2-3,6H,4-5,7H2,1H3,(H,15,16). The van der Waals surface area contributed by atoms with E-state index in [1.807, 2.05) is 23.6 Å². The molecule has 0 unspecified atom stereocenters. The van der Waals surface area contributed by atoms with Crippen LogP contribution in [0.4, 0.5) is 0 Å². The summed E-state index contributed by atoms with van der Waals surface area (Å²) >= 11 is 1.17. The summed E-state index contributed by atoms with van der Waals surface area (Å²) in [6.45, 7) is 2.52. The number of carbonyl (C=O) groups is 1. The van der Waals surface area contributed by atoms with Crippen molar-refractivity contribution in [3.8, 4) is 0 Å². The molecule has 0 fully saturated rings. The number of carboxylic acids is 1. The first kappa shape index (κ1) is 12.7. The number of hydrogen-bond acceptors (Lipinski definition) is 5. The Balaban J connectivity index is 2.02. The van der Waals surface area contributed by atoms with Crippen molar-refractivity contribution in [1.82, 2.24) is 14.8 Å². The number of hydrogen-bond donors (Lipinski definition) is 1. The molecule has 96 valence electrons. The summed E-state index contributed by atoms with van der Waals surface area (Å²) in [6.07, 6.45) is 2.36. The third kappa shape index (κ3) is 3.13. The first-order chi connectivity index (χ1) is 8.66. The van der Waals surface area contributed by atoms with Gasteiger partial charge in [0.1, 0.15) is 11.6 Å². The van der Waals surface area contributed by atoms with Gasteiger partial charge in [0.2, 0.25) is 0 Å². The second-order valence-electron chi connectivity index (χ2n) is 3.69. The van der Waals surface area contributed by atoms with Crippen molar-refractivity contribution in [3.63, 3.8) is 0 Å². The van der Waals surface area contributed by atoms with Crippen molar-refractivity contribution in [1.29, 1.82) is 0 Å². The molecule has 2 aromatic rings. The maximum atomic E-state index is 10.5. The predicted molar refractivity (Wildman–Crippen MR) is 65.5 cm³/mol. The van der Waals surface area contributed by atoms with Gasteiger partial charge in [0.05, 0.1) is 12.0 Å². The molecule has 18 heavy (non-hydrogen) atoms. The van der Waals surface area contributed by atoms with Crippen LogP contribution in [0.15, 0.2) is 28.0 Å². The van der Waals surface area contributed by atoms with Gasteiger partial charge in [0.25, 0.3) is 0 Å².